The Morgan fingerprint density at radius 3 is 2.30 bits per heavy atom. The van der Waals surface area contributed by atoms with Gasteiger partial charge >= 0.3 is 0 Å². The first-order chi connectivity index (χ1) is 11.4. The summed E-state index contributed by atoms with van der Waals surface area (Å²) in [5.74, 6) is 0. The van der Waals surface area contributed by atoms with Gasteiger partial charge in [0.25, 0.3) is 0 Å². The van der Waals surface area contributed by atoms with E-state index in [4.69, 9.17) is 5.73 Å². The highest BCUT2D eigenvalue weighted by Crippen LogP contribution is 2.25. The maximum Gasteiger partial charge on any atom is 0.0362 e. The maximum atomic E-state index is 5.85. The Hall–Kier alpha value is -1.75. The first kappa shape index (κ1) is 16.1. The van der Waals surface area contributed by atoms with Gasteiger partial charge in [-0.25, -0.2) is 0 Å². The second-order valence-corrected chi connectivity index (χ2v) is 6.17. The predicted molar refractivity (Wildman–Crippen MR) is 93.9 cm³/mol. The van der Waals surface area contributed by atoms with Crippen LogP contribution in [-0.2, 0) is 6.54 Å². The smallest absolute Gasteiger partial charge is 0.0362 e. The van der Waals surface area contributed by atoms with Crippen molar-refractivity contribution in [1.82, 2.24) is 14.8 Å². The lowest BCUT2D eigenvalue weighted by Gasteiger charge is -2.39. The Morgan fingerprint density at radius 2 is 1.65 bits per heavy atom. The highest BCUT2D eigenvalue weighted by molar-refractivity contribution is 5.16. The highest BCUT2D eigenvalue weighted by Gasteiger charge is 2.24. The van der Waals surface area contributed by atoms with Crippen molar-refractivity contribution < 1.29 is 0 Å². The van der Waals surface area contributed by atoms with Crippen molar-refractivity contribution in [2.75, 3.05) is 32.7 Å². The van der Waals surface area contributed by atoms with E-state index in [0.717, 1.165) is 45.7 Å². The van der Waals surface area contributed by atoms with E-state index >= 15 is 0 Å². The fraction of sp³-hybridized carbons (Fsp3) is 0.421. The van der Waals surface area contributed by atoms with Crippen molar-refractivity contribution in [1.29, 1.82) is 0 Å². The number of aromatic nitrogens is 1. The van der Waals surface area contributed by atoms with Crippen molar-refractivity contribution in [3.8, 4) is 0 Å². The molecule has 0 bridgehead atoms. The number of pyridine rings is 1. The molecule has 4 nitrogen and oxygen atoms in total. The van der Waals surface area contributed by atoms with E-state index in [1.807, 2.05) is 12.4 Å². The minimum Gasteiger partial charge on any atom is -0.330 e. The van der Waals surface area contributed by atoms with E-state index in [0.29, 0.717) is 6.04 Å². The molecule has 1 atom stereocenters. The van der Waals surface area contributed by atoms with Gasteiger partial charge in [0.15, 0.2) is 0 Å². The van der Waals surface area contributed by atoms with Gasteiger partial charge in [-0.1, -0.05) is 30.3 Å². The molecule has 23 heavy (non-hydrogen) atoms. The van der Waals surface area contributed by atoms with Gasteiger partial charge in [-0.15, -0.1) is 0 Å². The molecule has 122 valence electrons. The zero-order chi connectivity index (χ0) is 15.9. The number of nitrogens with zero attached hydrogens (tertiary/aromatic N) is 3. The van der Waals surface area contributed by atoms with Crippen molar-refractivity contribution in [2.45, 2.75) is 19.0 Å². The van der Waals surface area contributed by atoms with Gasteiger partial charge in [0.2, 0.25) is 0 Å². The number of hydrogen-bond acceptors (Lipinski definition) is 4. The van der Waals surface area contributed by atoms with Crippen LogP contribution >= 0.6 is 0 Å². The molecule has 1 aromatic carbocycles. The van der Waals surface area contributed by atoms with E-state index in [-0.39, 0.29) is 0 Å². The first-order valence-corrected chi connectivity index (χ1v) is 8.47. The van der Waals surface area contributed by atoms with Crippen LogP contribution in [0.3, 0.4) is 0 Å². The lowest BCUT2D eigenvalue weighted by Crippen LogP contribution is -2.47. The average molecular weight is 310 g/mol. The molecule has 1 aliphatic heterocycles. The standard InChI is InChI=1S/C19H26N4/c20-9-6-19(18-7-10-21-11-8-18)23-14-12-22(13-15-23)16-17-4-2-1-3-5-17/h1-5,7-8,10-11,19H,6,9,12-16,20H2. The zero-order valence-corrected chi connectivity index (χ0v) is 13.6. The molecule has 0 saturated carbocycles. The van der Waals surface area contributed by atoms with Crippen LogP contribution in [0.4, 0.5) is 0 Å². The lowest BCUT2D eigenvalue weighted by atomic mass is 10.0. The van der Waals surface area contributed by atoms with Gasteiger partial charge < -0.3 is 5.73 Å². The van der Waals surface area contributed by atoms with E-state index in [1.54, 1.807) is 0 Å². The zero-order valence-electron chi connectivity index (χ0n) is 13.6. The van der Waals surface area contributed by atoms with Gasteiger partial charge in [0.05, 0.1) is 0 Å². The van der Waals surface area contributed by atoms with Crippen LogP contribution in [0.2, 0.25) is 0 Å². The molecule has 4 heteroatoms. The third-order valence-electron chi connectivity index (χ3n) is 4.63. The third-order valence-corrected chi connectivity index (χ3v) is 4.63. The normalized spacial score (nSPS) is 18.0. The number of hydrogen-bond donors (Lipinski definition) is 1. The molecule has 2 heterocycles. The molecule has 1 saturated heterocycles. The van der Waals surface area contributed by atoms with Gasteiger partial charge in [-0.05, 0) is 36.2 Å². The lowest BCUT2D eigenvalue weighted by molar-refractivity contribution is 0.0886. The Balaban J connectivity index is 1.58. The predicted octanol–water partition coefficient (Wildman–Crippen LogP) is 2.29. The quantitative estimate of drug-likeness (QED) is 0.889. The average Bonchev–Trinajstić information content (AvgIpc) is 2.62. The van der Waals surface area contributed by atoms with Crippen LogP contribution in [0.15, 0.2) is 54.9 Å². The SMILES string of the molecule is NCCC(c1ccncc1)N1CCN(Cc2ccccc2)CC1. The summed E-state index contributed by atoms with van der Waals surface area (Å²) < 4.78 is 0. The minimum absolute atomic E-state index is 0.418. The van der Waals surface area contributed by atoms with Gasteiger partial charge in [0.1, 0.15) is 0 Å². The summed E-state index contributed by atoms with van der Waals surface area (Å²) in [4.78, 5) is 9.25. The Labute approximate surface area is 138 Å². The summed E-state index contributed by atoms with van der Waals surface area (Å²) in [5, 5.41) is 0. The fourth-order valence-electron chi connectivity index (χ4n) is 3.38. The van der Waals surface area contributed by atoms with Crippen molar-refractivity contribution >= 4 is 0 Å². The summed E-state index contributed by atoms with van der Waals surface area (Å²) in [7, 11) is 0. The number of piperazine rings is 1. The Kier molecular flexibility index (Phi) is 5.75. The molecule has 1 aliphatic rings. The minimum atomic E-state index is 0.418. The van der Waals surface area contributed by atoms with E-state index < -0.39 is 0 Å². The molecule has 0 spiro atoms. The molecule has 1 unspecified atom stereocenters. The van der Waals surface area contributed by atoms with Crippen LogP contribution in [0.1, 0.15) is 23.6 Å². The second-order valence-electron chi connectivity index (χ2n) is 6.17. The van der Waals surface area contributed by atoms with Crippen molar-refractivity contribution in [2.24, 2.45) is 5.73 Å². The highest BCUT2D eigenvalue weighted by atomic mass is 15.3. The van der Waals surface area contributed by atoms with Gasteiger partial charge in [-0.2, -0.15) is 0 Å². The molecule has 0 amide bonds. The topological polar surface area (TPSA) is 45.4 Å². The molecule has 0 aliphatic carbocycles. The molecule has 2 aromatic rings. The van der Waals surface area contributed by atoms with Crippen LogP contribution in [0, 0.1) is 0 Å². The fourth-order valence-corrected chi connectivity index (χ4v) is 3.38. The van der Waals surface area contributed by atoms with Gasteiger partial charge in [0, 0.05) is 51.2 Å². The summed E-state index contributed by atoms with van der Waals surface area (Å²) in [6, 6.07) is 15.4. The van der Waals surface area contributed by atoms with Crippen LogP contribution in [0.5, 0.6) is 0 Å². The van der Waals surface area contributed by atoms with E-state index in [9.17, 15) is 0 Å². The molecule has 3 rings (SSSR count). The maximum absolute atomic E-state index is 5.85. The van der Waals surface area contributed by atoms with E-state index in [1.165, 1.54) is 11.1 Å². The summed E-state index contributed by atoms with van der Waals surface area (Å²) in [5.41, 5.74) is 8.58. The molecular weight excluding hydrogens is 284 g/mol. The molecular formula is C19H26N4. The molecule has 0 radical (unpaired) electrons. The monoisotopic (exact) mass is 310 g/mol. The third kappa shape index (κ3) is 4.38. The summed E-state index contributed by atoms with van der Waals surface area (Å²) in [6.07, 6.45) is 4.76. The van der Waals surface area contributed by atoms with E-state index in [2.05, 4.69) is 57.2 Å². The Bertz CT molecular complexity index is 564. The summed E-state index contributed by atoms with van der Waals surface area (Å²) >= 11 is 0. The van der Waals surface area contributed by atoms with Crippen molar-refractivity contribution in [3.63, 3.8) is 0 Å². The largest absolute Gasteiger partial charge is 0.330 e. The van der Waals surface area contributed by atoms with Crippen LogP contribution < -0.4 is 5.73 Å². The van der Waals surface area contributed by atoms with Crippen LogP contribution in [0.25, 0.3) is 0 Å². The number of nitrogens with two attached hydrogens (primary N) is 1. The number of benzene rings is 1. The molecule has 1 fully saturated rings. The molecule has 1 aromatic heterocycles. The Morgan fingerprint density at radius 1 is 0.957 bits per heavy atom. The molecule has 2 N–H and O–H groups in total. The summed E-state index contributed by atoms with van der Waals surface area (Å²) in [6.45, 7) is 6.18. The second kappa shape index (κ2) is 8.20. The number of rotatable bonds is 6. The van der Waals surface area contributed by atoms with Crippen LogP contribution in [-0.4, -0.2) is 47.5 Å². The van der Waals surface area contributed by atoms with Crippen molar-refractivity contribution in [3.05, 3.63) is 66.0 Å². The van der Waals surface area contributed by atoms with Gasteiger partial charge in [-0.3, -0.25) is 14.8 Å². The first-order valence-electron chi connectivity index (χ1n) is 8.47.